The summed E-state index contributed by atoms with van der Waals surface area (Å²) in [6, 6.07) is 23.4. The summed E-state index contributed by atoms with van der Waals surface area (Å²) in [5.74, 6) is 0.335. The third-order valence-corrected chi connectivity index (χ3v) is 8.00. The van der Waals surface area contributed by atoms with Gasteiger partial charge >= 0.3 is 0 Å². The zero-order valence-electron chi connectivity index (χ0n) is 20.1. The van der Waals surface area contributed by atoms with E-state index in [2.05, 4.69) is 11.1 Å². The van der Waals surface area contributed by atoms with Crippen molar-refractivity contribution in [2.24, 2.45) is 0 Å². The van der Waals surface area contributed by atoms with Crippen LogP contribution in [0.1, 0.15) is 35.2 Å². The van der Waals surface area contributed by atoms with Crippen LogP contribution in [0.15, 0.2) is 72.8 Å². The lowest BCUT2D eigenvalue weighted by molar-refractivity contribution is -0.166. The first-order valence-electron chi connectivity index (χ1n) is 12.0. The Morgan fingerprint density at radius 3 is 2.56 bits per heavy atom. The minimum absolute atomic E-state index is 0.0112. The molecule has 7 heteroatoms. The van der Waals surface area contributed by atoms with Gasteiger partial charge in [0.2, 0.25) is 5.91 Å². The lowest BCUT2D eigenvalue weighted by atomic mass is 9.76. The van der Waals surface area contributed by atoms with Crippen molar-refractivity contribution in [1.29, 1.82) is 0 Å². The first-order valence-corrected chi connectivity index (χ1v) is 12.4. The third kappa shape index (κ3) is 3.24. The number of carbonyl (C=O) groups excluding carboxylic acids is 2. The molecule has 0 saturated carbocycles. The summed E-state index contributed by atoms with van der Waals surface area (Å²) in [6.45, 7) is 2.54. The van der Waals surface area contributed by atoms with Crippen LogP contribution in [0, 0.1) is 0 Å². The molecule has 2 aliphatic rings. The molecule has 1 aromatic heterocycles. The van der Waals surface area contributed by atoms with Gasteiger partial charge in [-0.05, 0) is 36.2 Å². The monoisotopic (exact) mass is 499 g/mol. The number of carbonyl (C=O) groups is 2. The quantitative estimate of drug-likeness (QED) is 0.427. The van der Waals surface area contributed by atoms with Gasteiger partial charge in [0.15, 0.2) is 5.54 Å². The second kappa shape index (κ2) is 8.42. The Balaban J connectivity index is 1.51. The van der Waals surface area contributed by atoms with Crippen molar-refractivity contribution in [3.63, 3.8) is 0 Å². The van der Waals surface area contributed by atoms with Crippen molar-refractivity contribution in [2.45, 2.75) is 24.9 Å². The van der Waals surface area contributed by atoms with Gasteiger partial charge in [-0.3, -0.25) is 9.59 Å². The minimum atomic E-state index is -1.16. The Bertz CT molecular complexity index is 1510. The SMILES string of the molecule is COc1ccccc1CN1CC(=O)N2C[C@H](c3ccccc3Cl)c3c([nH]c4ccccc34)[C@@]2(C)C1=O. The van der Waals surface area contributed by atoms with E-state index in [0.29, 0.717) is 23.9 Å². The summed E-state index contributed by atoms with van der Waals surface area (Å²) < 4.78 is 5.50. The molecule has 3 heterocycles. The van der Waals surface area contributed by atoms with E-state index in [-0.39, 0.29) is 24.3 Å². The minimum Gasteiger partial charge on any atom is -0.496 e. The molecule has 182 valence electrons. The van der Waals surface area contributed by atoms with Gasteiger partial charge in [-0.15, -0.1) is 0 Å². The molecule has 1 fully saturated rings. The molecular formula is C29H26ClN3O3. The standard InChI is InChI=1S/C29H26ClN3O3/c1-29-27-26(20-11-5-7-13-23(20)31-27)21(19-10-4-6-12-22(19)30)16-33(29)25(34)17-32(28(29)35)15-18-9-3-8-14-24(18)36-2/h3-14,21,31H,15-17H2,1-2H3/t21-,29+/m1/s1. The largest absolute Gasteiger partial charge is 0.496 e. The number of halogens is 1. The zero-order chi connectivity index (χ0) is 25.0. The molecule has 1 N–H and O–H groups in total. The van der Waals surface area contributed by atoms with E-state index in [1.165, 1.54) is 0 Å². The highest BCUT2D eigenvalue weighted by Gasteiger charge is 2.56. The lowest BCUT2D eigenvalue weighted by Gasteiger charge is -2.51. The number of nitrogens with zero attached hydrogens (tertiary/aromatic N) is 2. The molecule has 0 radical (unpaired) electrons. The fourth-order valence-electron chi connectivity index (χ4n) is 5.88. The second-order valence-corrected chi connectivity index (χ2v) is 9.99. The summed E-state index contributed by atoms with van der Waals surface area (Å²) >= 11 is 6.66. The third-order valence-electron chi connectivity index (χ3n) is 7.65. The van der Waals surface area contributed by atoms with E-state index < -0.39 is 5.54 Å². The second-order valence-electron chi connectivity index (χ2n) is 9.58. The highest BCUT2D eigenvalue weighted by molar-refractivity contribution is 6.31. The van der Waals surface area contributed by atoms with Crippen molar-refractivity contribution in [2.75, 3.05) is 20.2 Å². The Hall–Kier alpha value is -3.77. The fourth-order valence-corrected chi connectivity index (χ4v) is 6.15. The van der Waals surface area contributed by atoms with Crippen LogP contribution in [0.2, 0.25) is 5.02 Å². The highest BCUT2D eigenvalue weighted by atomic mass is 35.5. The Kier molecular flexibility index (Phi) is 5.30. The number of hydrogen-bond acceptors (Lipinski definition) is 3. The van der Waals surface area contributed by atoms with Crippen LogP contribution in [0.4, 0.5) is 0 Å². The summed E-state index contributed by atoms with van der Waals surface area (Å²) in [7, 11) is 1.61. The van der Waals surface area contributed by atoms with Crippen LogP contribution in [0.25, 0.3) is 10.9 Å². The molecule has 0 bridgehead atoms. The molecule has 36 heavy (non-hydrogen) atoms. The van der Waals surface area contributed by atoms with E-state index in [1.807, 2.05) is 73.7 Å². The van der Waals surface area contributed by atoms with Crippen LogP contribution in [-0.4, -0.2) is 46.8 Å². The van der Waals surface area contributed by atoms with Gasteiger partial charge in [0.25, 0.3) is 5.91 Å². The van der Waals surface area contributed by atoms with Crippen LogP contribution in [0.5, 0.6) is 5.75 Å². The molecule has 2 aliphatic heterocycles. The summed E-state index contributed by atoms with van der Waals surface area (Å²) in [5.41, 5.74) is 3.36. The van der Waals surface area contributed by atoms with Crippen molar-refractivity contribution < 1.29 is 14.3 Å². The number of aromatic amines is 1. The number of ether oxygens (including phenoxy) is 1. The molecule has 1 saturated heterocycles. The molecule has 6 rings (SSSR count). The summed E-state index contributed by atoms with van der Waals surface area (Å²) in [4.78, 5) is 34.8. The number of H-pyrrole nitrogens is 1. The Labute approximate surface area is 214 Å². The number of piperazine rings is 1. The number of aromatic nitrogens is 1. The number of nitrogens with one attached hydrogen (secondary N) is 1. The summed E-state index contributed by atoms with van der Waals surface area (Å²) in [5, 5.41) is 1.69. The van der Waals surface area contributed by atoms with Crippen molar-refractivity contribution in [1.82, 2.24) is 14.8 Å². The van der Waals surface area contributed by atoms with E-state index in [9.17, 15) is 9.59 Å². The summed E-state index contributed by atoms with van der Waals surface area (Å²) in [6.07, 6.45) is 0. The van der Waals surface area contributed by atoms with Gasteiger partial charge in [0, 0.05) is 40.5 Å². The van der Waals surface area contributed by atoms with Crippen molar-refractivity contribution >= 4 is 34.3 Å². The van der Waals surface area contributed by atoms with Crippen LogP contribution < -0.4 is 4.74 Å². The van der Waals surface area contributed by atoms with Gasteiger partial charge in [0.05, 0.1) is 12.8 Å². The lowest BCUT2D eigenvalue weighted by Crippen LogP contribution is -2.67. The predicted molar refractivity (Wildman–Crippen MR) is 139 cm³/mol. The maximum absolute atomic E-state index is 14.2. The van der Waals surface area contributed by atoms with Gasteiger partial charge in [-0.2, -0.15) is 0 Å². The van der Waals surface area contributed by atoms with Crippen LogP contribution >= 0.6 is 11.6 Å². The van der Waals surface area contributed by atoms with E-state index in [1.54, 1.807) is 16.9 Å². The average Bonchev–Trinajstić information content (AvgIpc) is 3.29. The number of fused-ring (bicyclic) bond motifs is 5. The van der Waals surface area contributed by atoms with E-state index in [4.69, 9.17) is 16.3 Å². The van der Waals surface area contributed by atoms with Crippen molar-refractivity contribution in [3.8, 4) is 5.75 Å². The van der Waals surface area contributed by atoms with Gasteiger partial charge in [-0.25, -0.2) is 0 Å². The first kappa shape index (κ1) is 22.7. The van der Waals surface area contributed by atoms with Crippen LogP contribution in [-0.2, 0) is 21.7 Å². The number of para-hydroxylation sites is 2. The average molecular weight is 500 g/mol. The van der Waals surface area contributed by atoms with Crippen LogP contribution in [0.3, 0.4) is 0 Å². The van der Waals surface area contributed by atoms with Gasteiger partial charge in [0.1, 0.15) is 12.3 Å². The number of rotatable bonds is 4. The predicted octanol–water partition coefficient (Wildman–Crippen LogP) is 5.06. The highest BCUT2D eigenvalue weighted by Crippen LogP contribution is 2.49. The molecule has 0 unspecified atom stereocenters. The normalized spacial score (nSPS) is 21.5. The Morgan fingerprint density at radius 2 is 1.75 bits per heavy atom. The first-order chi connectivity index (χ1) is 17.4. The number of methoxy groups -OCH3 is 1. The van der Waals surface area contributed by atoms with Crippen molar-refractivity contribution in [3.05, 3.63) is 100 Å². The van der Waals surface area contributed by atoms with E-state index >= 15 is 0 Å². The molecule has 0 spiro atoms. The molecule has 6 nitrogen and oxygen atoms in total. The molecule has 0 aliphatic carbocycles. The smallest absolute Gasteiger partial charge is 0.255 e. The molecular weight excluding hydrogens is 474 g/mol. The fraction of sp³-hybridized carbons (Fsp3) is 0.241. The molecule has 2 atom stereocenters. The maximum Gasteiger partial charge on any atom is 0.255 e. The number of hydrogen-bond donors (Lipinski definition) is 1. The number of benzene rings is 3. The topological polar surface area (TPSA) is 65.6 Å². The maximum atomic E-state index is 14.2. The van der Waals surface area contributed by atoms with Gasteiger partial charge < -0.3 is 19.5 Å². The Morgan fingerprint density at radius 1 is 1.03 bits per heavy atom. The number of amides is 2. The zero-order valence-corrected chi connectivity index (χ0v) is 20.9. The van der Waals surface area contributed by atoms with Gasteiger partial charge in [-0.1, -0.05) is 66.2 Å². The molecule has 3 aromatic carbocycles. The molecule has 4 aromatic rings. The van der Waals surface area contributed by atoms with E-state index in [0.717, 1.165) is 33.3 Å². The molecule has 2 amide bonds.